The van der Waals surface area contributed by atoms with Crippen molar-refractivity contribution in [2.75, 3.05) is 5.75 Å². The van der Waals surface area contributed by atoms with E-state index in [-0.39, 0.29) is 0 Å². The van der Waals surface area contributed by atoms with Crippen molar-refractivity contribution in [2.24, 2.45) is 5.92 Å². The van der Waals surface area contributed by atoms with Crippen LogP contribution in [0, 0.1) is 17.8 Å². The summed E-state index contributed by atoms with van der Waals surface area (Å²) >= 11 is 1.81. The number of benzene rings is 1. The summed E-state index contributed by atoms with van der Waals surface area (Å²) < 4.78 is 0. The predicted molar refractivity (Wildman–Crippen MR) is 69.8 cm³/mol. The monoisotopic (exact) mass is 216 g/mol. The van der Waals surface area contributed by atoms with Crippen molar-refractivity contribution < 1.29 is 0 Å². The molecule has 1 aromatic carbocycles. The third-order valence-electron chi connectivity index (χ3n) is 1.67. The molecule has 0 N–H and O–H groups in total. The summed E-state index contributed by atoms with van der Waals surface area (Å²) in [5, 5.41) is 2.07. The van der Waals surface area contributed by atoms with Gasteiger partial charge in [-0.25, -0.2) is 0 Å². The Morgan fingerprint density at radius 2 is 2.00 bits per heavy atom. The maximum absolute atomic E-state index is 3.08. The molecule has 0 aliphatic heterocycles. The highest BCUT2D eigenvalue weighted by molar-refractivity contribution is 8.02. The van der Waals surface area contributed by atoms with Crippen molar-refractivity contribution in [3.05, 3.63) is 47.4 Å². The number of hydrogen-bond donors (Lipinski definition) is 0. The third-order valence-corrected chi connectivity index (χ3v) is 2.86. The fourth-order valence-corrected chi connectivity index (χ4v) is 1.64. The van der Waals surface area contributed by atoms with Crippen molar-refractivity contribution in [2.45, 2.75) is 13.8 Å². The van der Waals surface area contributed by atoms with Gasteiger partial charge in [0, 0.05) is 5.56 Å². The van der Waals surface area contributed by atoms with E-state index in [1.54, 1.807) is 0 Å². The molecule has 0 unspecified atom stereocenters. The fourth-order valence-electron chi connectivity index (χ4n) is 0.977. The number of rotatable bonds is 3. The first-order chi connectivity index (χ1) is 7.29. The molecule has 1 rings (SSSR count). The molecule has 0 heterocycles. The van der Waals surface area contributed by atoms with E-state index in [0.717, 1.165) is 17.2 Å². The SMILES string of the molecule is CC(C)CS/C=C/C#Cc1ccccc1. The van der Waals surface area contributed by atoms with Gasteiger partial charge >= 0.3 is 0 Å². The second kappa shape index (κ2) is 7.20. The van der Waals surface area contributed by atoms with Crippen LogP contribution >= 0.6 is 11.8 Å². The summed E-state index contributed by atoms with van der Waals surface area (Å²) in [6.45, 7) is 4.44. The molecule has 78 valence electrons. The molecule has 15 heavy (non-hydrogen) atoms. The van der Waals surface area contributed by atoms with Crippen LogP contribution in [0.2, 0.25) is 0 Å². The van der Waals surface area contributed by atoms with Crippen LogP contribution < -0.4 is 0 Å². The minimum atomic E-state index is 0.738. The Bertz CT molecular complexity index is 352. The van der Waals surface area contributed by atoms with Crippen molar-refractivity contribution in [3.8, 4) is 11.8 Å². The highest BCUT2D eigenvalue weighted by Crippen LogP contribution is 2.07. The summed E-state index contributed by atoms with van der Waals surface area (Å²) in [4.78, 5) is 0. The van der Waals surface area contributed by atoms with Gasteiger partial charge in [0.25, 0.3) is 0 Å². The Kier molecular flexibility index (Phi) is 5.73. The minimum Gasteiger partial charge on any atom is -0.133 e. The van der Waals surface area contributed by atoms with Crippen LogP contribution in [0.1, 0.15) is 19.4 Å². The van der Waals surface area contributed by atoms with Crippen LogP contribution in [0.4, 0.5) is 0 Å². The lowest BCUT2D eigenvalue weighted by atomic mass is 10.2. The first-order valence-corrected chi connectivity index (χ1v) is 6.17. The van der Waals surface area contributed by atoms with Gasteiger partial charge in [0.1, 0.15) is 0 Å². The van der Waals surface area contributed by atoms with Gasteiger partial charge in [-0.3, -0.25) is 0 Å². The molecule has 0 nitrogen and oxygen atoms in total. The van der Waals surface area contributed by atoms with E-state index in [9.17, 15) is 0 Å². The summed E-state index contributed by atoms with van der Waals surface area (Å²) in [5.74, 6) is 8.00. The summed E-state index contributed by atoms with van der Waals surface area (Å²) in [6.07, 6.45) is 1.92. The van der Waals surface area contributed by atoms with Gasteiger partial charge in [-0.15, -0.1) is 11.8 Å². The van der Waals surface area contributed by atoms with Gasteiger partial charge in [-0.2, -0.15) is 0 Å². The van der Waals surface area contributed by atoms with Gasteiger partial charge < -0.3 is 0 Å². The van der Waals surface area contributed by atoms with E-state index in [0.29, 0.717) is 0 Å². The van der Waals surface area contributed by atoms with E-state index < -0.39 is 0 Å². The molecule has 0 aliphatic rings. The van der Waals surface area contributed by atoms with E-state index in [1.165, 1.54) is 0 Å². The highest BCUT2D eigenvalue weighted by Gasteiger charge is 1.88. The number of thioether (sulfide) groups is 1. The topological polar surface area (TPSA) is 0 Å². The molecule has 0 saturated heterocycles. The van der Waals surface area contributed by atoms with Crippen molar-refractivity contribution in [3.63, 3.8) is 0 Å². The van der Waals surface area contributed by atoms with Crippen molar-refractivity contribution in [1.29, 1.82) is 0 Å². The van der Waals surface area contributed by atoms with Crippen LogP contribution in [0.3, 0.4) is 0 Å². The molecule has 0 spiro atoms. The van der Waals surface area contributed by atoms with E-state index in [4.69, 9.17) is 0 Å². The molecule has 0 fully saturated rings. The molecule has 1 heteroatoms. The number of hydrogen-bond acceptors (Lipinski definition) is 1. The summed E-state index contributed by atoms with van der Waals surface area (Å²) in [6, 6.07) is 10.0. The fraction of sp³-hybridized carbons (Fsp3) is 0.286. The molecule has 0 aliphatic carbocycles. The Labute approximate surface area is 96.8 Å². The first kappa shape index (κ1) is 11.9. The predicted octanol–water partition coefficient (Wildman–Crippen LogP) is 3.94. The lowest BCUT2D eigenvalue weighted by Crippen LogP contribution is -1.87. The lowest BCUT2D eigenvalue weighted by Gasteiger charge is -1.97. The van der Waals surface area contributed by atoms with Crippen LogP contribution in [0.5, 0.6) is 0 Å². The smallest absolute Gasteiger partial charge is 0.0248 e. The molecule has 1 aromatic rings. The number of allylic oxidation sites excluding steroid dienone is 1. The summed E-state index contributed by atoms with van der Waals surface area (Å²) in [7, 11) is 0. The maximum Gasteiger partial charge on any atom is 0.0248 e. The molecule has 0 amide bonds. The second-order valence-corrected chi connectivity index (χ2v) is 4.60. The Morgan fingerprint density at radius 3 is 2.67 bits per heavy atom. The maximum atomic E-state index is 3.08. The molecule has 0 atom stereocenters. The van der Waals surface area contributed by atoms with Gasteiger partial charge in [0.15, 0.2) is 0 Å². The third kappa shape index (κ3) is 6.04. The normalized spacial score (nSPS) is 10.3. The van der Waals surface area contributed by atoms with Crippen LogP contribution in [0.25, 0.3) is 0 Å². The Morgan fingerprint density at radius 1 is 1.27 bits per heavy atom. The Balaban J connectivity index is 2.34. The van der Waals surface area contributed by atoms with E-state index >= 15 is 0 Å². The minimum absolute atomic E-state index is 0.738. The molecular formula is C14H16S. The molecule has 0 aromatic heterocycles. The van der Waals surface area contributed by atoms with Gasteiger partial charge in [0.2, 0.25) is 0 Å². The van der Waals surface area contributed by atoms with Crippen molar-refractivity contribution in [1.82, 2.24) is 0 Å². The average molecular weight is 216 g/mol. The quantitative estimate of drug-likeness (QED) is 0.690. The van der Waals surface area contributed by atoms with Crippen molar-refractivity contribution >= 4 is 11.8 Å². The van der Waals surface area contributed by atoms with Crippen LogP contribution in [-0.4, -0.2) is 5.75 Å². The largest absolute Gasteiger partial charge is 0.133 e. The molecule has 0 radical (unpaired) electrons. The standard InChI is InChI=1S/C14H16S/c1-13(2)12-15-11-7-6-10-14-8-4-3-5-9-14/h3-5,7-9,11,13H,12H2,1-2H3/b11-7+. The van der Waals surface area contributed by atoms with E-state index in [2.05, 4.69) is 31.1 Å². The zero-order valence-corrected chi connectivity index (χ0v) is 10.1. The van der Waals surface area contributed by atoms with Gasteiger partial charge in [-0.1, -0.05) is 43.9 Å². The van der Waals surface area contributed by atoms with Gasteiger partial charge in [0.05, 0.1) is 0 Å². The molecular weight excluding hydrogens is 200 g/mol. The summed E-state index contributed by atoms with van der Waals surface area (Å²) in [5.41, 5.74) is 1.07. The molecule has 0 bridgehead atoms. The first-order valence-electron chi connectivity index (χ1n) is 5.12. The lowest BCUT2D eigenvalue weighted by molar-refractivity contribution is 0.751. The van der Waals surface area contributed by atoms with Crippen LogP contribution in [0.15, 0.2) is 41.8 Å². The molecule has 0 saturated carbocycles. The zero-order chi connectivity index (χ0) is 10.9. The highest BCUT2D eigenvalue weighted by atomic mass is 32.2. The zero-order valence-electron chi connectivity index (χ0n) is 9.23. The average Bonchev–Trinajstić information content (AvgIpc) is 2.24. The Hall–Kier alpha value is -1.13. The second-order valence-electron chi connectivity index (χ2n) is 3.67. The van der Waals surface area contributed by atoms with Crippen LogP contribution in [-0.2, 0) is 0 Å². The van der Waals surface area contributed by atoms with E-state index in [1.807, 2.05) is 48.2 Å². The van der Waals surface area contributed by atoms with Gasteiger partial charge in [-0.05, 0) is 35.3 Å².